The summed E-state index contributed by atoms with van der Waals surface area (Å²) in [6.07, 6.45) is -5.09. The third-order valence-electron chi connectivity index (χ3n) is 0.497. The van der Waals surface area contributed by atoms with Crippen molar-refractivity contribution < 1.29 is 13.2 Å². The summed E-state index contributed by atoms with van der Waals surface area (Å²) < 4.78 is 33.4. The van der Waals surface area contributed by atoms with Gasteiger partial charge in [0, 0.05) is 0 Å². The molecule has 4 heteroatoms. The van der Waals surface area contributed by atoms with Gasteiger partial charge in [-0.2, -0.15) is 0 Å². The van der Waals surface area contributed by atoms with Gasteiger partial charge in [0.1, 0.15) is 0 Å². The molecule has 0 aromatic rings. The minimum atomic E-state index is -2.91. The molecular weight excluding hydrogens is 107 g/mol. The van der Waals surface area contributed by atoms with E-state index in [4.69, 9.17) is 0 Å². The first-order valence-electron chi connectivity index (χ1n) is 1.78. The summed E-state index contributed by atoms with van der Waals surface area (Å²) in [7, 11) is 1.14. The first-order valence-corrected chi connectivity index (χ1v) is 1.78. The van der Waals surface area contributed by atoms with Crippen molar-refractivity contribution in [2.24, 2.45) is 0 Å². The molecule has 0 aliphatic heterocycles. The summed E-state index contributed by atoms with van der Waals surface area (Å²) in [6.45, 7) is 0. The molecule has 1 N–H and O–H groups in total. The molecule has 0 spiro atoms. The average molecular weight is 113 g/mol. The predicted molar refractivity (Wildman–Crippen MR) is 20.0 cm³/mol. The molecule has 0 amide bonds. The van der Waals surface area contributed by atoms with Crippen LogP contribution in [0.15, 0.2) is 0 Å². The van der Waals surface area contributed by atoms with E-state index in [2.05, 4.69) is 0 Å². The Labute approximate surface area is 39.5 Å². The van der Waals surface area contributed by atoms with Crippen LogP contribution in [0.25, 0.3) is 0 Å². The molecule has 1 nitrogen and oxygen atoms in total. The minimum Gasteiger partial charge on any atom is -0.286 e. The van der Waals surface area contributed by atoms with Crippen molar-refractivity contribution in [3.63, 3.8) is 0 Å². The molecule has 44 valence electrons. The highest BCUT2D eigenvalue weighted by Gasteiger charge is 2.14. The SMILES string of the molecule is CNC(F)C(F)F. The Balaban J connectivity index is 3.14. The monoisotopic (exact) mass is 113 g/mol. The van der Waals surface area contributed by atoms with Crippen LogP contribution >= 0.6 is 0 Å². The number of alkyl halides is 3. The zero-order valence-corrected chi connectivity index (χ0v) is 3.79. The molecule has 0 aromatic heterocycles. The molecule has 7 heavy (non-hydrogen) atoms. The highest BCUT2D eigenvalue weighted by Crippen LogP contribution is 1.99. The van der Waals surface area contributed by atoms with Crippen LogP contribution in [0.4, 0.5) is 13.2 Å². The molecular formula is C3H6F3N. The second-order valence-corrected chi connectivity index (χ2v) is 1.02. The first kappa shape index (κ1) is 6.75. The molecule has 0 fully saturated rings. The van der Waals surface area contributed by atoms with Crippen LogP contribution in [-0.4, -0.2) is 19.8 Å². The number of hydrogen-bond acceptors (Lipinski definition) is 1. The topological polar surface area (TPSA) is 12.0 Å². The molecule has 0 aromatic carbocycles. The largest absolute Gasteiger partial charge is 0.286 e. The van der Waals surface area contributed by atoms with E-state index in [0.29, 0.717) is 0 Å². The lowest BCUT2D eigenvalue weighted by molar-refractivity contribution is 0.0354. The third kappa shape index (κ3) is 2.45. The molecule has 0 aliphatic rings. The van der Waals surface area contributed by atoms with Crippen molar-refractivity contribution in [2.75, 3.05) is 7.05 Å². The van der Waals surface area contributed by atoms with E-state index in [1.165, 1.54) is 0 Å². The van der Waals surface area contributed by atoms with E-state index in [1.807, 2.05) is 0 Å². The fourth-order valence-corrected chi connectivity index (χ4v) is 0.126. The molecule has 0 aliphatic carbocycles. The Bertz CT molecular complexity index is 47.4. The van der Waals surface area contributed by atoms with Crippen LogP contribution in [0.1, 0.15) is 0 Å². The van der Waals surface area contributed by atoms with E-state index in [1.54, 1.807) is 5.32 Å². The normalized spacial score (nSPS) is 15.0. The summed E-state index contributed by atoms with van der Waals surface area (Å²) in [6, 6.07) is 0. The molecule has 0 heterocycles. The second-order valence-electron chi connectivity index (χ2n) is 1.02. The third-order valence-corrected chi connectivity index (χ3v) is 0.497. The molecule has 0 saturated carbocycles. The van der Waals surface area contributed by atoms with Gasteiger partial charge in [0.25, 0.3) is 6.43 Å². The van der Waals surface area contributed by atoms with Crippen molar-refractivity contribution in [1.82, 2.24) is 5.32 Å². The Morgan fingerprint density at radius 2 is 1.71 bits per heavy atom. The highest BCUT2D eigenvalue weighted by molar-refractivity contribution is 4.48. The predicted octanol–water partition coefficient (Wildman–Crippen LogP) is 0.766. The highest BCUT2D eigenvalue weighted by atomic mass is 19.3. The van der Waals surface area contributed by atoms with Crippen molar-refractivity contribution in [2.45, 2.75) is 12.7 Å². The lowest BCUT2D eigenvalue weighted by Crippen LogP contribution is -2.27. The number of nitrogens with one attached hydrogen (secondary N) is 1. The average Bonchev–Trinajstić information content (AvgIpc) is 1.65. The van der Waals surface area contributed by atoms with Crippen LogP contribution < -0.4 is 5.32 Å². The number of rotatable bonds is 2. The van der Waals surface area contributed by atoms with Gasteiger partial charge in [-0.1, -0.05) is 0 Å². The lowest BCUT2D eigenvalue weighted by Gasteiger charge is -2.01. The van der Waals surface area contributed by atoms with E-state index in [0.717, 1.165) is 7.05 Å². The second kappa shape index (κ2) is 2.85. The van der Waals surface area contributed by atoms with E-state index in [9.17, 15) is 13.2 Å². The van der Waals surface area contributed by atoms with Gasteiger partial charge in [-0.25, -0.2) is 13.2 Å². The van der Waals surface area contributed by atoms with E-state index >= 15 is 0 Å². The van der Waals surface area contributed by atoms with Gasteiger partial charge >= 0.3 is 0 Å². The van der Waals surface area contributed by atoms with Crippen LogP contribution in [0, 0.1) is 0 Å². The zero-order valence-electron chi connectivity index (χ0n) is 3.79. The zero-order chi connectivity index (χ0) is 5.86. The van der Waals surface area contributed by atoms with Crippen molar-refractivity contribution in [3.05, 3.63) is 0 Å². The van der Waals surface area contributed by atoms with Gasteiger partial charge in [0.15, 0.2) is 0 Å². The maximum atomic E-state index is 11.4. The van der Waals surface area contributed by atoms with E-state index in [-0.39, 0.29) is 0 Å². The van der Waals surface area contributed by atoms with Crippen LogP contribution in [0.2, 0.25) is 0 Å². The summed E-state index contributed by atoms with van der Waals surface area (Å²) in [5, 5.41) is 1.75. The maximum Gasteiger partial charge on any atom is 0.282 e. The summed E-state index contributed by atoms with van der Waals surface area (Å²) in [4.78, 5) is 0. The van der Waals surface area contributed by atoms with Gasteiger partial charge in [0.2, 0.25) is 6.30 Å². The van der Waals surface area contributed by atoms with Crippen molar-refractivity contribution in [1.29, 1.82) is 0 Å². The van der Waals surface area contributed by atoms with Crippen molar-refractivity contribution in [3.8, 4) is 0 Å². The van der Waals surface area contributed by atoms with Crippen LogP contribution in [0.5, 0.6) is 0 Å². The minimum absolute atomic E-state index is 1.14. The fourth-order valence-electron chi connectivity index (χ4n) is 0.126. The standard InChI is InChI=1S/C3H6F3N/c1-7-3(6)2(4)5/h2-3,7H,1H3. The lowest BCUT2D eigenvalue weighted by atomic mass is 10.6. The molecule has 0 rings (SSSR count). The Morgan fingerprint density at radius 1 is 1.29 bits per heavy atom. The molecule has 1 atom stereocenters. The smallest absolute Gasteiger partial charge is 0.282 e. The molecule has 0 radical (unpaired) electrons. The molecule has 0 saturated heterocycles. The van der Waals surface area contributed by atoms with Gasteiger partial charge in [-0.3, -0.25) is 5.32 Å². The van der Waals surface area contributed by atoms with Crippen LogP contribution in [0.3, 0.4) is 0 Å². The van der Waals surface area contributed by atoms with Gasteiger partial charge in [0.05, 0.1) is 0 Å². The summed E-state index contributed by atoms with van der Waals surface area (Å²) in [5.41, 5.74) is 0. The van der Waals surface area contributed by atoms with Gasteiger partial charge in [-0.05, 0) is 7.05 Å². The summed E-state index contributed by atoms with van der Waals surface area (Å²) >= 11 is 0. The maximum absolute atomic E-state index is 11.4. The molecule has 0 bridgehead atoms. The number of halogens is 3. The number of hydrogen-bond donors (Lipinski definition) is 1. The Kier molecular flexibility index (Phi) is 2.75. The molecule has 1 unspecified atom stereocenters. The Morgan fingerprint density at radius 3 is 1.71 bits per heavy atom. The van der Waals surface area contributed by atoms with Crippen LogP contribution in [-0.2, 0) is 0 Å². The summed E-state index contributed by atoms with van der Waals surface area (Å²) in [5.74, 6) is 0. The van der Waals surface area contributed by atoms with Crippen molar-refractivity contribution >= 4 is 0 Å². The first-order chi connectivity index (χ1) is 3.18. The van der Waals surface area contributed by atoms with Gasteiger partial charge in [-0.15, -0.1) is 0 Å². The van der Waals surface area contributed by atoms with Gasteiger partial charge < -0.3 is 0 Å². The quantitative estimate of drug-likeness (QED) is 0.521. The fraction of sp³-hybridized carbons (Fsp3) is 1.00. The van der Waals surface area contributed by atoms with E-state index < -0.39 is 12.7 Å². The Hall–Kier alpha value is -0.250.